The number of allylic oxidation sites excluding steroid dienone is 3. The summed E-state index contributed by atoms with van der Waals surface area (Å²) in [4.78, 5) is 51.3. The first kappa shape index (κ1) is 22.0. The van der Waals surface area contributed by atoms with Crippen LogP contribution in [0.15, 0.2) is 46.2 Å². The molecule has 1 fully saturated rings. The summed E-state index contributed by atoms with van der Waals surface area (Å²) in [6, 6.07) is 3.11. The minimum atomic E-state index is -0.596. The number of nitrogens with zero attached hydrogens (tertiary/aromatic N) is 2. The smallest absolute Gasteiger partial charge is 0.343 e. The number of carbonyl (C=O) groups excluding carboxylic acids is 2. The topological polar surface area (TPSA) is 87.4 Å². The van der Waals surface area contributed by atoms with E-state index in [0.717, 1.165) is 25.7 Å². The Balaban J connectivity index is 1.86. The van der Waals surface area contributed by atoms with E-state index in [1.54, 1.807) is 29.7 Å². The van der Waals surface area contributed by atoms with Crippen molar-refractivity contribution in [3.63, 3.8) is 0 Å². The molecule has 1 aromatic carbocycles. The van der Waals surface area contributed by atoms with Crippen molar-refractivity contribution in [2.45, 2.75) is 70.9 Å². The van der Waals surface area contributed by atoms with Gasteiger partial charge in [-0.3, -0.25) is 18.7 Å². The van der Waals surface area contributed by atoms with Gasteiger partial charge in [-0.25, -0.2) is 9.59 Å². The molecule has 0 saturated heterocycles. The zero-order chi connectivity index (χ0) is 22.8. The highest BCUT2D eigenvalue weighted by Gasteiger charge is 2.26. The Kier molecular flexibility index (Phi) is 6.26. The van der Waals surface area contributed by atoms with E-state index in [2.05, 4.69) is 6.58 Å². The van der Waals surface area contributed by atoms with Crippen molar-refractivity contribution in [3.05, 3.63) is 68.6 Å². The normalized spacial score (nSPS) is 16.9. The number of ether oxygens (including phenoxy) is 1. The van der Waals surface area contributed by atoms with Crippen molar-refractivity contribution in [1.29, 1.82) is 0 Å². The maximum Gasteiger partial charge on any atom is 0.343 e. The van der Waals surface area contributed by atoms with Crippen molar-refractivity contribution in [2.24, 2.45) is 0 Å². The van der Waals surface area contributed by atoms with Gasteiger partial charge >= 0.3 is 11.7 Å². The first-order valence-corrected chi connectivity index (χ1v) is 11.3. The summed E-state index contributed by atoms with van der Waals surface area (Å²) in [5, 5.41) is 0.365. The minimum absolute atomic E-state index is 0.0556. The molecule has 7 heteroatoms. The van der Waals surface area contributed by atoms with Crippen LogP contribution in [0.4, 0.5) is 0 Å². The predicted octanol–water partition coefficient (Wildman–Crippen LogP) is 3.96. The molecule has 0 aliphatic heterocycles. The lowest BCUT2D eigenvalue weighted by Crippen LogP contribution is -2.42. The molecule has 2 aromatic rings. The van der Waals surface area contributed by atoms with Gasteiger partial charge in [0.2, 0.25) is 0 Å². The van der Waals surface area contributed by atoms with Gasteiger partial charge in [-0.1, -0.05) is 18.9 Å². The zero-order valence-corrected chi connectivity index (χ0v) is 18.4. The SMILES string of the molecule is C=CCCn1c(=O)n(C2CCCC2)c(=O)c2c(C)c(C(=O)OC3=CC(=O)CCC3)ccc21. The zero-order valence-electron chi connectivity index (χ0n) is 18.4. The fraction of sp³-hybridized carbons (Fsp3) is 0.440. The Labute approximate surface area is 186 Å². The second-order valence-electron chi connectivity index (χ2n) is 8.58. The molecular weight excluding hydrogens is 408 g/mol. The Hall–Kier alpha value is -3.22. The van der Waals surface area contributed by atoms with Crippen LogP contribution in [0, 0.1) is 6.92 Å². The van der Waals surface area contributed by atoms with Crippen molar-refractivity contribution < 1.29 is 14.3 Å². The molecule has 1 saturated carbocycles. The van der Waals surface area contributed by atoms with E-state index in [1.165, 1.54) is 10.6 Å². The van der Waals surface area contributed by atoms with E-state index >= 15 is 0 Å². The number of aromatic nitrogens is 2. The van der Waals surface area contributed by atoms with Crippen molar-refractivity contribution >= 4 is 22.7 Å². The van der Waals surface area contributed by atoms with Crippen LogP contribution in [0.1, 0.15) is 73.3 Å². The van der Waals surface area contributed by atoms with Crippen LogP contribution in [0.25, 0.3) is 10.9 Å². The number of ketones is 1. The number of carbonyl (C=O) groups is 2. The van der Waals surface area contributed by atoms with Gasteiger partial charge in [0.1, 0.15) is 5.76 Å². The van der Waals surface area contributed by atoms with Gasteiger partial charge in [-0.2, -0.15) is 0 Å². The Morgan fingerprint density at radius 1 is 1.16 bits per heavy atom. The maximum absolute atomic E-state index is 13.5. The van der Waals surface area contributed by atoms with Crippen LogP contribution in [-0.2, 0) is 16.1 Å². The van der Waals surface area contributed by atoms with E-state index in [9.17, 15) is 19.2 Å². The van der Waals surface area contributed by atoms with Crippen LogP contribution in [-0.4, -0.2) is 20.9 Å². The second-order valence-corrected chi connectivity index (χ2v) is 8.58. The number of fused-ring (bicyclic) bond motifs is 1. The quantitative estimate of drug-likeness (QED) is 0.505. The molecule has 1 aromatic heterocycles. The highest BCUT2D eigenvalue weighted by molar-refractivity contribution is 5.98. The standard InChI is InChI=1S/C25H28N2O5/c1-3-4-14-26-21-13-12-20(24(30)32-19-11-7-10-18(28)15-19)16(2)22(21)23(29)27(25(26)31)17-8-5-6-9-17/h3,12-13,15,17H,1,4-11,14H2,2H3. The van der Waals surface area contributed by atoms with Crippen LogP contribution in [0.3, 0.4) is 0 Å². The summed E-state index contributed by atoms with van der Waals surface area (Å²) in [5.74, 6) is -0.300. The number of hydrogen-bond acceptors (Lipinski definition) is 5. The van der Waals surface area contributed by atoms with Gasteiger partial charge in [0, 0.05) is 31.5 Å². The van der Waals surface area contributed by atoms with E-state index in [1.807, 2.05) is 0 Å². The van der Waals surface area contributed by atoms with E-state index < -0.39 is 5.97 Å². The van der Waals surface area contributed by atoms with Gasteiger partial charge in [0.25, 0.3) is 5.56 Å². The molecule has 0 radical (unpaired) electrons. The Morgan fingerprint density at radius 3 is 2.59 bits per heavy atom. The van der Waals surface area contributed by atoms with E-state index in [4.69, 9.17) is 4.74 Å². The van der Waals surface area contributed by atoms with Gasteiger partial charge in [-0.15, -0.1) is 6.58 Å². The summed E-state index contributed by atoms with van der Waals surface area (Å²) in [5.41, 5.74) is 0.597. The highest BCUT2D eigenvalue weighted by atomic mass is 16.5. The fourth-order valence-electron chi connectivity index (χ4n) is 4.79. The first-order valence-electron chi connectivity index (χ1n) is 11.3. The largest absolute Gasteiger partial charge is 0.427 e. The number of hydrogen-bond donors (Lipinski definition) is 0. The number of aryl methyl sites for hydroxylation is 2. The number of benzene rings is 1. The molecule has 0 atom stereocenters. The number of rotatable bonds is 6. The van der Waals surface area contributed by atoms with Gasteiger partial charge in [0.05, 0.1) is 16.5 Å². The van der Waals surface area contributed by atoms with Gasteiger partial charge < -0.3 is 4.74 Å². The van der Waals surface area contributed by atoms with E-state index in [0.29, 0.717) is 54.5 Å². The average molecular weight is 437 g/mol. The Bertz CT molecular complexity index is 1240. The van der Waals surface area contributed by atoms with E-state index in [-0.39, 0.29) is 28.6 Å². The lowest BCUT2D eigenvalue weighted by molar-refractivity contribution is -0.115. The molecule has 2 aliphatic rings. The minimum Gasteiger partial charge on any atom is -0.427 e. The molecular formula is C25H28N2O5. The summed E-state index contributed by atoms with van der Waals surface area (Å²) < 4.78 is 8.47. The molecule has 4 rings (SSSR count). The maximum atomic E-state index is 13.5. The first-order chi connectivity index (χ1) is 15.4. The molecule has 7 nitrogen and oxygen atoms in total. The molecule has 0 spiro atoms. The van der Waals surface area contributed by atoms with Crippen molar-refractivity contribution in [2.75, 3.05) is 0 Å². The third-order valence-electron chi connectivity index (χ3n) is 6.46. The second kappa shape index (κ2) is 9.10. The molecule has 2 aliphatic carbocycles. The Morgan fingerprint density at radius 2 is 1.91 bits per heavy atom. The summed E-state index contributed by atoms with van der Waals surface area (Å²) in [6.07, 6.45) is 8.90. The molecule has 0 bridgehead atoms. The molecule has 0 unspecified atom stereocenters. The fourth-order valence-corrected chi connectivity index (χ4v) is 4.79. The van der Waals surface area contributed by atoms with Crippen molar-refractivity contribution in [1.82, 2.24) is 9.13 Å². The summed E-state index contributed by atoms with van der Waals surface area (Å²) >= 11 is 0. The lowest BCUT2D eigenvalue weighted by Gasteiger charge is -2.19. The summed E-state index contributed by atoms with van der Waals surface area (Å²) in [6.45, 7) is 5.86. The molecule has 168 valence electrons. The molecule has 0 amide bonds. The highest BCUT2D eigenvalue weighted by Crippen LogP contribution is 2.28. The monoisotopic (exact) mass is 436 g/mol. The third kappa shape index (κ3) is 3.99. The summed E-state index contributed by atoms with van der Waals surface area (Å²) in [7, 11) is 0. The lowest BCUT2D eigenvalue weighted by atomic mass is 10.0. The van der Waals surface area contributed by atoms with Crippen LogP contribution >= 0.6 is 0 Å². The van der Waals surface area contributed by atoms with Gasteiger partial charge in [0.15, 0.2) is 5.78 Å². The molecule has 32 heavy (non-hydrogen) atoms. The molecule has 1 heterocycles. The van der Waals surface area contributed by atoms with Crippen molar-refractivity contribution in [3.8, 4) is 0 Å². The third-order valence-corrected chi connectivity index (χ3v) is 6.46. The predicted molar refractivity (Wildman–Crippen MR) is 122 cm³/mol. The van der Waals surface area contributed by atoms with Gasteiger partial charge in [-0.05, 0) is 50.3 Å². The van der Waals surface area contributed by atoms with Crippen LogP contribution < -0.4 is 11.2 Å². The number of esters is 1. The average Bonchev–Trinajstić information content (AvgIpc) is 3.28. The van der Waals surface area contributed by atoms with Crippen LogP contribution in [0.5, 0.6) is 0 Å². The van der Waals surface area contributed by atoms with Crippen LogP contribution in [0.2, 0.25) is 0 Å². The molecule has 0 N–H and O–H groups in total.